The van der Waals surface area contributed by atoms with Crippen LogP contribution in [0.4, 0.5) is 5.69 Å². The van der Waals surface area contributed by atoms with E-state index < -0.39 is 0 Å². The zero-order valence-electron chi connectivity index (χ0n) is 13.6. The zero-order valence-corrected chi connectivity index (χ0v) is 14.4. The second-order valence-electron chi connectivity index (χ2n) is 5.85. The van der Waals surface area contributed by atoms with Gasteiger partial charge in [0.05, 0.1) is 18.3 Å². The summed E-state index contributed by atoms with van der Waals surface area (Å²) in [6.07, 6.45) is 0. The number of halogens is 1. The van der Waals surface area contributed by atoms with Crippen LogP contribution in [0.3, 0.4) is 0 Å². The SMILES string of the molecule is C[NH+](CC(=O)Nc1cc(Cl)ccc1C#N)Cc1ccc2c(c1)OCO2. The van der Waals surface area contributed by atoms with E-state index in [1.165, 1.54) is 0 Å². The van der Waals surface area contributed by atoms with Crippen molar-refractivity contribution in [3.63, 3.8) is 0 Å². The van der Waals surface area contributed by atoms with Crippen LogP contribution < -0.4 is 19.7 Å². The Kier molecular flexibility index (Phi) is 5.08. The zero-order chi connectivity index (χ0) is 17.8. The molecular weight excluding hydrogens is 342 g/mol. The van der Waals surface area contributed by atoms with E-state index in [1.807, 2.05) is 31.3 Å². The van der Waals surface area contributed by atoms with Crippen molar-refractivity contribution in [1.82, 2.24) is 0 Å². The third-order valence-electron chi connectivity index (χ3n) is 3.78. The van der Waals surface area contributed by atoms with E-state index in [0.717, 1.165) is 22.0 Å². The number of hydrogen-bond donors (Lipinski definition) is 2. The van der Waals surface area contributed by atoms with E-state index in [9.17, 15) is 4.79 Å². The predicted octanol–water partition coefficient (Wildman–Crippen LogP) is 1.59. The van der Waals surface area contributed by atoms with E-state index in [4.69, 9.17) is 26.3 Å². The van der Waals surface area contributed by atoms with Crippen LogP contribution in [0.2, 0.25) is 5.02 Å². The number of fused-ring (bicyclic) bond motifs is 1. The Labute approximate surface area is 150 Å². The Hall–Kier alpha value is -2.75. The van der Waals surface area contributed by atoms with E-state index in [-0.39, 0.29) is 19.2 Å². The van der Waals surface area contributed by atoms with Gasteiger partial charge in [-0.15, -0.1) is 0 Å². The molecule has 2 aromatic carbocycles. The fraction of sp³-hybridized carbons (Fsp3) is 0.222. The van der Waals surface area contributed by atoms with Gasteiger partial charge in [-0.3, -0.25) is 4.79 Å². The van der Waals surface area contributed by atoms with E-state index in [0.29, 0.717) is 22.8 Å². The normalized spacial score (nSPS) is 13.2. The van der Waals surface area contributed by atoms with Gasteiger partial charge in [0, 0.05) is 10.6 Å². The molecule has 0 saturated heterocycles. The maximum Gasteiger partial charge on any atom is 0.279 e. The molecule has 25 heavy (non-hydrogen) atoms. The number of nitrogens with one attached hydrogen (secondary N) is 2. The molecule has 0 radical (unpaired) electrons. The van der Waals surface area contributed by atoms with Crippen LogP contribution in [0, 0.1) is 11.3 Å². The van der Waals surface area contributed by atoms with Crippen LogP contribution in [0.1, 0.15) is 11.1 Å². The lowest BCUT2D eigenvalue weighted by atomic mass is 10.2. The van der Waals surface area contributed by atoms with Crippen molar-refractivity contribution in [3.8, 4) is 17.6 Å². The van der Waals surface area contributed by atoms with Gasteiger partial charge >= 0.3 is 0 Å². The Morgan fingerprint density at radius 3 is 2.88 bits per heavy atom. The molecular formula is C18H17ClN3O3+. The number of likely N-dealkylation sites (N-methyl/N-ethyl adjacent to an activating group) is 1. The first-order valence-corrected chi connectivity index (χ1v) is 8.12. The van der Waals surface area contributed by atoms with Crippen LogP contribution in [0.25, 0.3) is 0 Å². The molecule has 1 aliphatic heterocycles. The van der Waals surface area contributed by atoms with Crippen LogP contribution in [0.5, 0.6) is 11.5 Å². The van der Waals surface area contributed by atoms with Crippen molar-refractivity contribution < 1.29 is 19.2 Å². The summed E-state index contributed by atoms with van der Waals surface area (Å²) in [5.41, 5.74) is 1.86. The lowest BCUT2D eigenvalue weighted by molar-refractivity contribution is -0.885. The fourth-order valence-corrected chi connectivity index (χ4v) is 2.82. The summed E-state index contributed by atoms with van der Waals surface area (Å²) in [6.45, 7) is 1.15. The monoisotopic (exact) mass is 358 g/mol. The summed E-state index contributed by atoms with van der Waals surface area (Å²) in [4.78, 5) is 13.2. The van der Waals surface area contributed by atoms with Gasteiger partial charge in [0.25, 0.3) is 5.91 Å². The van der Waals surface area contributed by atoms with Gasteiger partial charge in [-0.2, -0.15) is 5.26 Å². The molecule has 7 heteroatoms. The van der Waals surface area contributed by atoms with Gasteiger partial charge < -0.3 is 19.7 Å². The van der Waals surface area contributed by atoms with Gasteiger partial charge in [-0.25, -0.2) is 0 Å². The van der Waals surface area contributed by atoms with E-state index >= 15 is 0 Å². The first-order valence-electron chi connectivity index (χ1n) is 7.74. The number of nitrogens with zero attached hydrogens (tertiary/aromatic N) is 1. The van der Waals surface area contributed by atoms with E-state index in [1.54, 1.807) is 18.2 Å². The number of anilines is 1. The molecule has 2 aromatic rings. The summed E-state index contributed by atoms with van der Waals surface area (Å²) in [7, 11) is 1.92. The Morgan fingerprint density at radius 1 is 1.28 bits per heavy atom. The minimum absolute atomic E-state index is 0.183. The highest BCUT2D eigenvalue weighted by molar-refractivity contribution is 6.31. The number of carbonyl (C=O) groups is 1. The average Bonchev–Trinajstić information content (AvgIpc) is 3.02. The minimum atomic E-state index is -0.183. The topological polar surface area (TPSA) is 75.8 Å². The molecule has 3 rings (SSSR count). The number of nitriles is 1. The highest BCUT2D eigenvalue weighted by Gasteiger charge is 2.17. The summed E-state index contributed by atoms with van der Waals surface area (Å²) >= 11 is 5.93. The Morgan fingerprint density at radius 2 is 2.08 bits per heavy atom. The lowest BCUT2D eigenvalue weighted by Crippen LogP contribution is -3.08. The first kappa shape index (κ1) is 17.1. The molecule has 1 atom stereocenters. The van der Waals surface area contributed by atoms with Gasteiger partial charge in [0.15, 0.2) is 18.0 Å². The third-order valence-corrected chi connectivity index (χ3v) is 4.02. The maximum atomic E-state index is 12.3. The van der Waals surface area contributed by atoms with E-state index in [2.05, 4.69) is 5.32 Å². The molecule has 2 N–H and O–H groups in total. The van der Waals surface area contributed by atoms with Crippen molar-refractivity contribution in [2.24, 2.45) is 0 Å². The summed E-state index contributed by atoms with van der Waals surface area (Å²) in [5, 5.41) is 12.3. The fourth-order valence-electron chi connectivity index (χ4n) is 2.65. The molecule has 1 heterocycles. The van der Waals surface area contributed by atoms with Crippen molar-refractivity contribution in [2.75, 3.05) is 25.7 Å². The Bertz CT molecular complexity index is 848. The van der Waals surface area contributed by atoms with Crippen LogP contribution in [-0.4, -0.2) is 26.3 Å². The quantitative estimate of drug-likeness (QED) is 0.851. The van der Waals surface area contributed by atoms with Crippen molar-refractivity contribution in [3.05, 3.63) is 52.5 Å². The number of ether oxygens (including phenoxy) is 2. The third kappa shape index (κ3) is 4.21. The Balaban J connectivity index is 1.59. The number of carbonyl (C=O) groups excluding carboxylic acids is 1. The van der Waals surface area contributed by atoms with Crippen molar-refractivity contribution in [2.45, 2.75) is 6.54 Å². The maximum absolute atomic E-state index is 12.3. The number of quaternary nitrogens is 1. The molecule has 6 nitrogen and oxygen atoms in total. The van der Waals surface area contributed by atoms with Crippen LogP contribution >= 0.6 is 11.6 Å². The number of rotatable bonds is 5. The molecule has 0 saturated carbocycles. The van der Waals surface area contributed by atoms with Crippen LogP contribution in [-0.2, 0) is 11.3 Å². The number of benzene rings is 2. The van der Waals surface area contributed by atoms with Gasteiger partial charge in [-0.05, 0) is 36.4 Å². The number of hydrogen-bond acceptors (Lipinski definition) is 4. The number of amides is 1. The lowest BCUT2D eigenvalue weighted by Gasteiger charge is -2.14. The van der Waals surface area contributed by atoms with Gasteiger partial charge in [0.2, 0.25) is 6.79 Å². The highest BCUT2D eigenvalue weighted by atomic mass is 35.5. The average molecular weight is 359 g/mol. The molecule has 0 aromatic heterocycles. The molecule has 1 amide bonds. The largest absolute Gasteiger partial charge is 0.454 e. The second kappa shape index (κ2) is 7.43. The predicted molar refractivity (Wildman–Crippen MR) is 92.8 cm³/mol. The highest BCUT2D eigenvalue weighted by Crippen LogP contribution is 2.32. The molecule has 1 aliphatic rings. The second-order valence-corrected chi connectivity index (χ2v) is 6.28. The smallest absolute Gasteiger partial charge is 0.279 e. The standard InChI is InChI=1S/C18H16ClN3O3/c1-22(9-12-2-5-16-17(6-12)25-11-24-16)10-18(23)21-15-7-14(19)4-3-13(15)8-20/h2-7H,9-11H2,1H3,(H,21,23)/p+1. The summed E-state index contributed by atoms with van der Waals surface area (Å²) in [6, 6.07) is 12.6. The molecule has 0 aliphatic carbocycles. The molecule has 0 bridgehead atoms. The molecule has 0 fully saturated rings. The van der Waals surface area contributed by atoms with Gasteiger partial charge in [0.1, 0.15) is 12.6 Å². The molecule has 1 unspecified atom stereocenters. The summed E-state index contributed by atoms with van der Waals surface area (Å²) < 4.78 is 10.7. The van der Waals surface area contributed by atoms with Crippen molar-refractivity contribution in [1.29, 1.82) is 5.26 Å². The summed E-state index contributed by atoms with van der Waals surface area (Å²) in [5.74, 6) is 1.29. The van der Waals surface area contributed by atoms with Gasteiger partial charge in [-0.1, -0.05) is 11.6 Å². The first-order chi connectivity index (χ1) is 12.0. The van der Waals surface area contributed by atoms with Crippen LogP contribution in [0.15, 0.2) is 36.4 Å². The molecule has 128 valence electrons. The van der Waals surface area contributed by atoms with Crippen molar-refractivity contribution >= 4 is 23.2 Å². The molecule has 0 spiro atoms. The minimum Gasteiger partial charge on any atom is -0.454 e.